The number of hydrogen-bond donors (Lipinski definition) is 2. The number of carbonyl (C=O) groups excluding carboxylic acids is 1. The first-order valence-corrected chi connectivity index (χ1v) is 12.7. The number of halogens is 5. The average Bonchev–Trinajstić information content (AvgIpc) is 3.32. The molecule has 0 saturated heterocycles. The summed E-state index contributed by atoms with van der Waals surface area (Å²) in [5.74, 6) is -0.296. The number of nitrogens with zero attached hydrogens (tertiary/aromatic N) is 3. The highest BCUT2D eigenvalue weighted by molar-refractivity contribution is 7.96. The molecule has 7 nitrogen and oxygen atoms in total. The molecule has 5 rings (SSSR count). The molecule has 0 aliphatic carbocycles. The van der Waals surface area contributed by atoms with Crippen molar-refractivity contribution in [3.8, 4) is 11.4 Å². The van der Waals surface area contributed by atoms with Gasteiger partial charge in [-0.1, -0.05) is 41.4 Å². The van der Waals surface area contributed by atoms with Crippen molar-refractivity contribution in [2.24, 2.45) is 4.40 Å². The maximum atomic E-state index is 12.4. The summed E-state index contributed by atoms with van der Waals surface area (Å²) in [5, 5.41) is 5.19. The molecule has 0 aliphatic heterocycles. The molecule has 0 spiro atoms. The Hall–Kier alpha value is -3.93. The smallest absolute Gasteiger partial charge is 0.406 e. The van der Waals surface area contributed by atoms with E-state index in [4.69, 9.17) is 23.2 Å². The summed E-state index contributed by atoms with van der Waals surface area (Å²) in [5.41, 5.74) is 3.39. The number of urea groups is 1. The van der Waals surface area contributed by atoms with Crippen molar-refractivity contribution in [2.45, 2.75) is 6.36 Å². The molecule has 1 heterocycles. The van der Waals surface area contributed by atoms with E-state index in [1.807, 2.05) is 30.3 Å². The minimum Gasteiger partial charge on any atom is -0.406 e. The summed E-state index contributed by atoms with van der Waals surface area (Å²) in [6.45, 7) is 0. The van der Waals surface area contributed by atoms with Gasteiger partial charge in [0.15, 0.2) is 0 Å². The number of anilines is 1. The molecular formula is C26H16Cl2F3N5O2S. The molecule has 1 aromatic heterocycles. The number of amides is 2. The summed E-state index contributed by atoms with van der Waals surface area (Å²) < 4.78 is 49.8. The van der Waals surface area contributed by atoms with Gasteiger partial charge in [0.25, 0.3) is 0 Å². The minimum atomic E-state index is -4.75. The third kappa shape index (κ3) is 6.39. The third-order valence-corrected chi connectivity index (χ3v) is 6.51. The van der Waals surface area contributed by atoms with Crippen molar-refractivity contribution in [1.82, 2.24) is 14.3 Å². The van der Waals surface area contributed by atoms with E-state index in [0.717, 1.165) is 39.5 Å². The number of imidazole rings is 1. The zero-order chi connectivity index (χ0) is 27.6. The van der Waals surface area contributed by atoms with Crippen LogP contribution in [0.5, 0.6) is 5.75 Å². The monoisotopic (exact) mass is 589 g/mol. The Morgan fingerprint density at radius 1 is 1.03 bits per heavy atom. The quantitative estimate of drug-likeness (QED) is 0.154. The predicted octanol–water partition coefficient (Wildman–Crippen LogP) is 8.19. The highest BCUT2D eigenvalue weighted by atomic mass is 35.5. The van der Waals surface area contributed by atoms with E-state index in [9.17, 15) is 18.0 Å². The lowest BCUT2D eigenvalue weighted by atomic mass is 10.1. The van der Waals surface area contributed by atoms with E-state index in [1.54, 1.807) is 29.2 Å². The number of carbonyl (C=O) groups is 1. The first-order valence-electron chi connectivity index (χ1n) is 11.1. The second-order valence-electron chi connectivity index (χ2n) is 8.08. The van der Waals surface area contributed by atoms with Crippen LogP contribution in [0.4, 0.5) is 23.7 Å². The van der Waals surface area contributed by atoms with Gasteiger partial charge < -0.3 is 10.1 Å². The van der Waals surface area contributed by atoms with Gasteiger partial charge in [0, 0.05) is 22.3 Å². The lowest BCUT2D eigenvalue weighted by Gasteiger charge is -2.10. The Morgan fingerprint density at radius 2 is 1.82 bits per heavy atom. The van der Waals surface area contributed by atoms with Gasteiger partial charge in [0.2, 0.25) is 0 Å². The standard InChI is InChI=1S/C26H16Cl2F3N5O2S/c27-17-3-9-22(21(28)12-17)34-25(37)35-39-33-13-15-1-8-20-16(11-15)2-10-23-24(20)32-14-36(23)18-4-6-19(7-5-18)38-26(29,30)31/h1-14H,(H2,34,35,37). The van der Waals surface area contributed by atoms with Gasteiger partial charge in [-0.2, -0.15) is 0 Å². The van der Waals surface area contributed by atoms with Crippen LogP contribution in [0.15, 0.2) is 83.5 Å². The van der Waals surface area contributed by atoms with E-state index in [1.165, 1.54) is 30.3 Å². The van der Waals surface area contributed by atoms with E-state index in [-0.39, 0.29) is 5.75 Å². The van der Waals surface area contributed by atoms with Crippen molar-refractivity contribution >= 4 is 75.1 Å². The molecule has 5 aromatic rings. The van der Waals surface area contributed by atoms with Crippen LogP contribution < -0.4 is 14.8 Å². The first kappa shape index (κ1) is 26.7. The first-order chi connectivity index (χ1) is 18.7. The number of ether oxygens (including phenoxy) is 1. The highest BCUT2D eigenvalue weighted by Gasteiger charge is 2.31. The van der Waals surface area contributed by atoms with E-state index in [0.29, 0.717) is 21.4 Å². The molecule has 0 bridgehead atoms. The number of benzene rings is 4. The Kier molecular flexibility index (Phi) is 7.56. The molecule has 0 saturated carbocycles. The van der Waals surface area contributed by atoms with Crippen LogP contribution in [-0.2, 0) is 0 Å². The normalized spacial score (nSPS) is 11.8. The number of nitrogens with one attached hydrogen (secondary N) is 2. The van der Waals surface area contributed by atoms with Crippen LogP contribution >= 0.6 is 35.3 Å². The molecular weight excluding hydrogens is 574 g/mol. The molecule has 0 fully saturated rings. The maximum Gasteiger partial charge on any atom is 0.573 e. The average molecular weight is 590 g/mol. The second-order valence-corrected chi connectivity index (χ2v) is 9.52. The van der Waals surface area contributed by atoms with Crippen LogP contribution in [0, 0.1) is 0 Å². The lowest BCUT2D eigenvalue weighted by molar-refractivity contribution is -0.274. The van der Waals surface area contributed by atoms with Gasteiger partial charge in [-0.15, -0.1) is 13.2 Å². The number of fused-ring (bicyclic) bond motifs is 3. The molecule has 0 aliphatic rings. The fraction of sp³-hybridized carbons (Fsp3) is 0.0385. The molecule has 198 valence electrons. The molecule has 0 unspecified atom stereocenters. The summed E-state index contributed by atoms with van der Waals surface area (Å²) in [6.07, 6.45) is -1.53. The second kappa shape index (κ2) is 11.0. The molecule has 39 heavy (non-hydrogen) atoms. The number of hydrogen-bond acceptors (Lipinski definition) is 5. The molecule has 2 N–H and O–H groups in total. The number of rotatable bonds is 6. The van der Waals surface area contributed by atoms with Crippen molar-refractivity contribution in [3.05, 3.63) is 94.7 Å². The fourth-order valence-corrected chi connectivity index (χ4v) is 4.63. The van der Waals surface area contributed by atoms with Crippen molar-refractivity contribution in [2.75, 3.05) is 5.32 Å². The van der Waals surface area contributed by atoms with Crippen LogP contribution in [-0.4, -0.2) is 28.2 Å². The van der Waals surface area contributed by atoms with Crippen molar-refractivity contribution in [3.63, 3.8) is 0 Å². The van der Waals surface area contributed by atoms with Gasteiger partial charge in [-0.3, -0.25) is 9.29 Å². The summed E-state index contributed by atoms with van der Waals surface area (Å²) in [7, 11) is 0. The van der Waals surface area contributed by atoms with Gasteiger partial charge in [-0.05, 0) is 65.5 Å². The summed E-state index contributed by atoms with van der Waals surface area (Å²) in [4.78, 5) is 16.6. The van der Waals surface area contributed by atoms with Gasteiger partial charge in [0.05, 0.1) is 33.9 Å². The number of aromatic nitrogens is 2. The fourth-order valence-electron chi connectivity index (χ4n) is 3.82. The van der Waals surface area contributed by atoms with E-state index in [2.05, 4.69) is 24.2 Å². The SMILES string of the molecule is O=C(NSN=Cc1ccc2c(ccc3c2ncn3-c2ccc(OC(F)(F)F)cc2)c1)Nc1ccc(Cl)cc1Cl. The molecule has 13 heteroatoms. The zero-order valence-electron chi connectivity index (χ0n) is 19.5. The maximum absolute atomic E-state index is 12.4. The lowest BCUT2D eigenvalue weighted by Crippen LogP contribution is -2.22. The topological polar surface area (TPSA) is 80.5 Å². The zero-order valence-corrected chi connectivity index (χ0v) is 21.9. The Morgan fingerprint density at radius 3 is 2.56 bits per heavy atom. The van der Waals surface area contributed by atoms with Crippen molar-refractivity contribution in [1.29, 1.82) is 0 Å². The molecule has 4 aromatic carbocycles. The van der Waals surface area contributed by atoms with Crippen molar-refractivity contribution < 1.29 is 22.7 Å². The van der Waals surface area contributed by atoms with Crippen LogP contribution in [0.25, 0.3) is 27.5 Å². The molecule has 0 atom stereocenters. The van der Waals surface area contributed by atoms with Crippen LogP contribution in [0.1, 0.15) is 5.56 Å². The third-order valence-electron chi connectivity index (χ3n) is 5.48. The Balaban J connectivity index is 1.26. The number of alkyl halides is 3. The van der Waals surface area contributed by atoms with E-state index < -0.39 is 12.4 Å². The van der Waals surface area contributed by atoms with Gasteiger partial charge in [0.1, 0.15) is 12.1 Å². The summed E-state index contributed by atoms with van der Waals surface area (Å²) >= 11 is 12.8. The largest absolute Gasteiger partial charge is 0.573 e. The summed E-state index contributed by atoms with van der Waals surface area (Å²) in [6, 6.07) is 19.3. The van der Waals surface area contributed by atoms with Gasteiger partial charge in [-0.25, -0.2) is 14.2 Å². The molecule has 2 amide bonds. The highest BCUT2D eigenvalue weighted by Crippen LogP contribution is 2.29. The predicted molar refractivity (Wildman–Crippen MR) is 149 cm³/mol. The minimum absolute atomic E-state index is 0.296. The van der Waals surface area contributed by atoms with E-state index >= 15 is 0 Å². The Bertz CT molecular complexity index is 1710. The van der Waals surface area contributed by atoms with Gasteiger partial charge >= 0.3 is 12.4 Å². The Labute approximate surface area is 233 Å². The van der Waals surface area contributed by atoms with Crippen LogP contribution in [0.2, 0.25) is 10.0 Å². The molecule has 0 radical (unpaired) electrons. The van der Waals surface area contributed by atoms with Crippen LogP contribution in [0.3, 0.4) is 0 Å².